The minimum atomic E-state index is -0.334. The fourth-order valence-electron chi connectivity index (χ4n) is 3.16. The number of urea groups is 1. The van der Waals surface area contributed by atoms with E-state index in [-0.39, 0.29) is 12.6 Å². The fourth-order valence-corrected chi connectivity index (χ4v) is 3.16. The summed E-state index contributed by atoms with van der Waals surface area (Å²) in [5.41, 5.74) is 3.15. The second kappa shape index (κ2) is 8.08. The number of ether oxygens (including phenoxy) is 1. The van der Waals surface area contributed by atoms with E-state index in [1.807, 2.05) is 66.2 Å². The molecule has 0 spiro atoms. The third-order valence-electron chi connectivity index (χ3n) is 4.65. The van der Waals surface area contributed by atoms with Gasteiger partial charge < -0.3 is 25.0 Å². The van der Waals surface area contributed by atoms with E-state index >= 15 is 0 Å². The molecule has 0 saturated heterocycles. The van der Waals surface area contributed by atoms with Crippen LogP contribution in [-0.2, 0) is 13.7 Å². The molecular weight excluding hydrogens is 366 g/mol. The van der Waals surface area contributed by atoms with Crippen molar-refractivity contribution in [3.63, 3.8) is 0 Å². The van der Waals surface area contributed by atoms with Crippen molar-refractivity contribution in [1.82, 2.24) is 4.57 Å². The van der Waals surface area contributed by atoms with Gasteiger partial charge in [-0.25, -0.2) is 4.79 Å². The number of para-hydroxylation sites is 1. The number of nitrogens with one attached hydrogen (secondary N) is 2. The Labute approximate surface area is 168 Å². The summed E-state index contributed by atoms with van der Waals surface area (Å²) < 4.78 is 7.68. The first kappa shape index (κ1) is 18.6. The van der Waals surface area contributed by atoms with E-state index in [4.69, 9.17) is 4.74 Å². The number of fused-ring (bicyclic) bond motifs is 1. The lowest BCUT2D eigenvalue weighted by molar-refractivity contribution is 0.262. The quantitative estimate of drug-likeness (QED) is 0.446. The SMILES string of the molecule is Cn1c(CO)cc2cc(NC(=O)Nc3ccc(Oc4ccccc4)cc3)ccc21. The third kappa shape index (κ3) is 4.23. The number of aromatic nitrogens is 1. The topological polar surface area (TPSA) is 75.5 Å². The smallest absolute Gasteiger partial charge is 0.323 e. The second-order valence-corrected chi connectivity index (χ2v) is 6.65. The van der Waals surface area contributed by atoms with Gasteiger partial charge in [-0.2, -0.15) is 0 Å². The number of benzene rings is 3. The standard InChI is InChI=1S/C23H21N3O3/c1-26-19(15-27)14-16-13-18(9-12-22(16)26)25-23(28)24-17-7-10-21(11-8-17)29-20-5-3-2-4-6-20/h2-14,27H,15H2,1H3,(H2,24,25,28). The molecule has 0 atom stereocenters. The van der Waals surface area contributed by atoms with Gasteiger partial charge in [0.05, 0.1) is 6.61 Å². The number of rotatable bonds is 5. The molecule has 3 N–H and O–H groups in total. The zero-order chi connectivity index (χ0) is 20.2. The number of anilines is 2. The average Bonchev–Trinajstić information content (AvgIpc) is 3.05. The molecule has 1 heterocycles. The maximum Gasteiger partial charge on any atom is 0.323 e. The summed E-state index contributed by atoms with van der Waals surface area (Å²) >= 11 is 0. The largest absolute Gasteiger partial charge is 0.457 e. The maximum atomic E-state index is 12.3. The average molecular weight is 387 g/mol. The molecule has 0 bridgehead atoms. The van der Waals surface area contributed by atoms with E-state index in [1.165, 1.54) is 0 Å². The van der Waals surface area contributed by atoms with Gasteiger partial charge in [0.2, 0.25) is 0 Å². The molecule has 0 aliphatic heterocycles. The Balaban J connectivity index is 1.40. The Morgan fingerprint density at radius 2 is 1.55 bits per heavy atom. The molecule has 0 saturated carbocycles. The number of aliphatic hydroxyl groups excluding tert-OH is 1. The van der Waals surface area contributed by atoms with E-state index < -0.39 is 0 Å². The molecule has 0 fully saturated rings. The zero-order valence-corrected chi connectivity index (χ0v) is 15.9. The molecule has 0 unspecified atom stereocenters. The molecule has 0 radical (unpaired) electrons. The summed E-state index contributed by atoms with van der Waals surface area (Å²) in [6, 6.07) is 23.9. The first-order chi connectivity index (χ1) is 14.1. The van der Waals surface area contributed by atoms with Gasteiger partial charge in [-0.1, -0.05) is 18.2 Å². The summed E-state index contributed by atoms with van der Waals surface area (Å²) in [5.74, 6) is 1.45. The van der Waals surface area contributed by atoms with E-state index in [0.717, 1.165) is 22.3 Å². The van der Waals surface area contributed by atoms with Crippen molar-refractivity contribution in [3.05, 3.63) is 84.6 Å². The Kier molecular flexibility index (Phi) is 5.18. The predicted octanol–water partition coefficient (Wildman–Crippen LogP) is 5.11. The van der Waals surface area contributed by atoms with Crippen molar-refractivity contribution < 1.29 is 14.6 Å². The highest BCUT2D eigenvalue weighted by Gasteiger charge is 2.08. The Morgan fingerprint density at radius 1 is 0.897 bits per heavy atom. The number of amides is 2. The van der Waals surface area contributed by atoms with Crippen molar-refractivity contribution in [2.24, 2.45) is 7.05 Å². The van der Waals surface area contributed by atoms with Crippen LogP contribution in [0.1, 0.15) is 5.69 Å². The number of carbonyl (C=O) groups excluding carboxylic acids is 1. The van der Waals surface area contributed by atoms with Gasteiger partial charge in [-0.3, -0.25) is 0 Å². The fraction of sp³-hybridized carbons (Fsp3) is 0.0870. The number of hydrogen-bond acceptors (Lipinski definition) is 3. The monoisotopic (exact) mass is 387 g/mol. The van der Waals surface area contributed by atoms with E-state index in [9.17, 15) is 9.90 Å². The number of hydrogen-bond donors (Lipinski definition) is 3. The maximum absolute atomic E-state index is 12.3. The lowest BCUT2D eigenvalue weighted by Gasteiger charge is -2.09. The van der Waals surface area contributed by atoms with Crippen LogP contribution in [-0.4, -0.2) is 15.7 Å². The molecule has 1 aromatic heterocycles. The van der Waals surface area contributed by atoms with Crippen LogP contribution in [0.3, 0.4) is 0 Å². The van der Waals surface area contributed by atoms with E-state index in [2.05, 4.69) is 10.6 Å². The van der Waals surface area contributed by atoms with Crippen LogP contribution in [0.2, 0.25) is 0 Å². The highest BCUT2D eigenvalue weighted by Crippen LogP contribution is 2.24. The molecule has 4 aromatic rings. The van der Waals surface area contributed by atoms with Gasteiger partial charge >= 0.3 is 6.03 Å². The van der Waals surface area contributed by atoms with Crippen LogP contribution < -0.4 is 15.4 Å². The first-order valence-corrected chi connectivity index (χ1v) is 9.22. The molecule has 6 heteroatoms. The van der Waals surface area contributed by atoms with Crippen molar-refractivity contribution in [1.29, 1.82) is 0 Å². The van der Waals surface area contributed by atoms with Crippen LogP contribution in [0.4, 0.5) is 16.2 Å². The number of carbonyl (C=O) groups is 1. The summed E-state index contributed by atoms with van der Waals surface area (Å²) in [4.78, 5) is 12.3. The summed E-state index contributed by atoms with van der Waals surface area (Å²) in [7, 11) is 1.90. The Morgan fingerprint density at radius 3 is 2.28 bits per heavy atom. The van der Waals surface area contributed by atoms with E-state index in [1.54, 1.807) is 24.3 Å². The molecule has 2 amide bonds. The predicted molar refractivity (Wildman–Crippen MR) is 114 cm³/mol. The molecule has 4 rings (SSSR count). The minimum Gasteiger partial charge on any atom is -0.457 e. The highest BCUT2D eigenvalue weighted by molar-refractivity contribution is 6.01. The van der Waals surface area contributed by atoms with Gasteiger partial charge in [-0.05, 0) is 60.7 Å². The highest BCUT2D eigenvalue weighted by atomic mass is 16.5. The van der Waals surface area contributed by atoms with E-state index in [0.29, 0.717) is 17.1 Å². The lowest BCUT2D eigenvalue weighted by atomic mass is 10.2. The van der Waals surface area contributed by atoms with Gasteiger partial charge in [0.1, 0.15) is 11.5 Å². The normalized spacial score (nSPS) is 10.7. The molecular formula is C23H21N3O3. The molecule has 0 aliphatic rings. The summed E-state index contributed by atoms with van der Waals surface area (Å²) in [5, 5.41) is 16.0. The number of aryl methyl sites for hydroxylation is 1. The van der Waals surface area contributed by atoms with Crippen molar-refractivity contribution in [2.45, 2.75) is 6.61 Å². The summed E-state index contributed by atoms with van der Waals surface area (Å²) in [6.07, 6.45) is 0. The molecule has 146 valence electrons. The van der Waals surface area contributed by atoms with Crippen LogP contribution >= 0.6 is 0 Å². The van der Waals surface area contributed by atoms with Gasteiger partial charge in [0.25, 0.3) is 0 Å². The number of aliphatic hydroxyl groups is 1. The molecule has 0 aliphatic carbocycles. The van der Waals surface area contributed by atoms with Crippen molar-refractivity contribution >= 4 is 28.3 Å². The van der Waals surface area contributed by atoms with Crippen molar-refractivity contribution in [2.75, 3.05) is 10.6 Å². The Bertz CT molecular complexity index is 1140. The van der Waals surface area contributed by atoms with Crippen LogP contribution in [0.5, 0.6) is 11.5 Å². The number of nitrogens with zero attached hydrogens (tertiary/aromatic N) is 1. The van der Waals surface area contributed by atoms with Crippen LogP contribution in [0.15, 0.2) is 78.9 Å². The van der Waals surface area contributed by atoms with Gasteiger partial charge in [0, 0.05) is 35.0 Å². The molecule has 29 heavy (non-hydrogen) atoms. The van der Waals surface area contributed by atoms with Crippen LogP contribution in [0, 0.1) is 0 Å². The van der Waals surface area contributed by atoms with Gasteiger partial charge in [0.15, 0.2) is 0 Å². The lowest BCUT2D eigenvalue weighted by Crippen LogP contribution is -2.19. The molecule has 3 aromatic carbocycles. The minimum absolute atomic E-state index is 0.0294. The zero-order valence-electron chi connectivity index (χ0n) is 15.9. The van der Waals surface area contributed by atoms with Crippen molar-refractivity contribution in [3.8, 4) is 11.5 Å². The first-order valence-electron chi connectivity index (χ1n) is 9.22. The second-order valence-electron chi connectivity index (χ2n) is 6.65. The molecule has 6 nitrogen and oxygen atoms in total. The van der Waals surface area contributed by atoms with Gasteiger partial charge in [-0.15, -0.1) is 0 Å². The Hall–Kier alpha value is -3.77. The van der Waals surface area contributed by atoms with Crippen LogP contribution in [0.25, 0.3) is 10.9 Å². The summed E-state index contributed by atoms with van der Waals surface area (Å²) in [6.45, 7) is -0.0294. The third-order valence-corrected chi connectivity index (χ3v) is 4.65.